The molecule has 0 spiro atoms. The Morgan fingerprint density at radius 1 is 1.17 bits per heavy atom. The van der Waals surface area contributed by atoms with Crippen LogP contribution in [0.5, 0.6) is 0 Å². The summed E-state index contributed by atoms with van der Waals surface area (Å²) >= 11 is 1.66. The van der Waals surface area contributed by atoms with E-state index in [1.54, 1.807) is 31.0 Å². The zero-order valence-electron chi connectivity index (χ0n) is 25.0. The topological polar surface area (TPSA) is 119 Å². The quantitative estimate of drug-likeness (QED) is 0.134. The van der Waals surface area contributed by atoms with Crippen LogP contribution in [0.4, 0.5) is 0 Å². The number of aliphatic hydroxyl groups excluding tert-OH is 2. The van der Waals surface area contributed by atoms with E-state index in [0.29, 0.717) is 25.9 Å². The van der Waals surface area contributed by atoms with E-state index >= 15 is 0 Å². The van der Waals surface area contributed by atoms with Crippen molar-refractivity contribution in [2.45, 2.75) is 84.5 Å². The predicted molar refractivity (Wildman–Crippen MR) is 160 cm³/mol. The number of benzene rings is 1. The van der Waals surface area contributed by atoms with Gasteiger partial charge in [-0.3, -0.25) is 14.4 Å². The van der Waals surface area contributed by atoms with Crippen molar-refractivity contribution >= 4 is 29.5 Å². The number of ether oxygens (including phenoxy) is 3. The number of hydrogen-bond acceptors (Lipinski definition) is 9. The second-order valence-corrected chi connectivity index (χ2v) is 12.6. The number of rotatable bonds is 19. The molecule has 0 saturated heterocycles. The lowest BCUT2D eigenvalue weighted by Crippen LogP contribution is -2.27. The van der Waals surface area contributed by atoms with Crippen LogP contribution in [0.3, 0.4) is 0 Å². The van der Waals surface area contributed by atoms with Crippen molar-refractivity contribution in [2.75, 3.05) is 31.8 Å². The van der Waals surface area contributed by atoms with E-state index in [4.69, 9.17) is 14.2 Å². The Kier molecular flexibility index (Phi) is 15.7. The summed E-state index contributed by atoms with van der Waals surface area (Å²) in [7, 11) is 1.64. The average molecular weight is 593 g/mol. The maximum Gasteiger partial charge on any atom is 0.311 e. The first-order valence-corrected chi connectivity index (χ1v) is 15.8. The highest BCUT2D eigenvalue weighted by atomic mass is 32.2. The van der Waals surface area contributed by atoms with E-state index in [1.165, 1.54) is 0 Å². The summed E-state index contributed by atoms with van der Waals surface area (Å²) in [5.41, 5.74) is 1.50. The minimum Gasteiger partial charge on any atom is -0.462 e. The molecule has 2 N–H and O–H groups in total. The predicted octanol–water partition coefficient (Wildman–Crippen LogP) is 4.67. The molecule has 9 heteroatoms. The third-order valence-corrected chi connectivity index (χ3v) is 8.39. The number of esters is 2. The number of Topliss-reactive ketones (excluding diaryl/α,β-unsaturated/α-hetero) is 1. The number of thioether (sulfide) groups is 1. The maximum absolute atomic E-state index is 12.5. The van der Waals surface area contributed by atoms with Gasteiger partial charge in [0.25, 0.3) is 0 Å². The van der Waals surface area contributed by atoms with Crippen LogP contribution >= 0.6 is 11.8 Å². The Labute approximate surface area is 249 Å². The van der Waals surface area contributed by atoms with Crippen LogP contribution in [0.1, 0.15) is 70.4 Å². The van der Waals surface area contributed by atoms with Gasteiger partial charge in [-0.15, -0.1) is 0 Å². The fourth-order valence-corrected chi connectivity index (χ4v) is 6.06. The van der Waals surface area contributed by atoms with Crippen molar-refractivity contribution in [3.8, 4) is 0 Å². The smallest absolute Gasteiger partial charge is 0.311 e. The zero-order chi connectivity index (χ0) is 30.3. The average Bonchev–Trinajstić information content (AvgIpc) is 3.19. The van der Waals surface area contributed by atoms with Gasteiger partial charge >= 0.3 is 11.9 Å². The van der Waals surface area contributed by atoms with Crippen LogP contribution in [-0.2, 0) is 41.6 Å². The van der Waals surface area contributed by atoms with Gasteiger partial charge in [-0.2, -0.15) is 11.8 Å². The lowest BCUT2D eigenvalue weighted by molar-refractivity contribution is -0.159. The summed E-state index contributed by atoms with van der Waals surface area (Å²) in [4.78, 5) is 36.6. The molecule has 41 heavy (non-hydrogen) atoms. The van der Waals surface area contributed by atoms with Crippen molar-refractivity contribution < 1.29 is 38.8 Å². The Morgan fingerprint density at radius 2 is 1.90 bits per heavy atom. The molecule has 2 rings (SSSR count). The number of methoxy groups -OCH3 is 1. The highest BCUT2D eigenvalue weighted by molar-refractivity contribution is 7.99. The summed E-state index contributed by atoms with van der Waals surface area (Å²) in [6.45, 7) is 6.33. The molecule has 1 aliphatic rings. The Balaban J connectivity index is 1.65. The van der Waals surface area contributed by atoms with Crippen LogP contribution in [0, 0.1) is 17.3 Å². The third kappa shape index (κ3) is 12.7. The van der Waals surface area contributed by atoms with Gasteiger partial charge in [-0.1, -0.05) is 49.8 Å². The molecule has 1 aliphatic carbocycles. The first kappa shape index (κ1) is 35.0. The summed E-state index contributed by atoms with van der Waals surface area (Å²) in [6, 6.07) is 7.87. The minimum absolute atomic E-state index is 0.0514. The molecule has 0 amide bonds. The van der Waals surface area contributed by atoms with Crippen molar-refractivity contribution in [1.29, 1.82) is 0 Å². The second-order valence-electron chi connectivity index (χ2n) is 11.3. The highest BCUT2D eigenvalue weighted by Gasteiger charge is 2.39. The first-order valence-electron chi connectivity index (χ1n) is 14.6. The number of carbonyl (C=O) groups excluding carboxylic acids is 3. The van der Waals surface area contributed by atoms with E-state index in [9.17, 15) is 24.6 Å². The normalized spacial score (nSPS) is 20.0. The van der Waals surface area contributed by atoms with Gasteiger partial charge in [-0.25, -0.2) is 0 Å². The summed E-state index contributed by atoms with van der Waals surface area (Å²) < 4.78 is 15.6. The number of carbonyl (C=O) groups is 3. The molecule has 1 aromatic rings. The molecule has 1 saturated carbocycles. The molecule has 0 aliphatic heterocycles. The highest BCUT2D eigenvalue weighted by Crippen LogP contribution is 2.34. The van der Waals surface area contributed by atoms with Crippen LogP contribution in [-0.4, -0.2) is 72.0 Å². The molecule has 4 atom stereocenters. The molecule has 0 bridgehead atoms. The van der Waals surface area contributed by atoms with Crippen molar-refractivity contribution in [1.82, 2.24) is 0 Å². The van der Waals surface area contributed by atoms with Crippen molar-refractivity contribution in [3.63, 3.8) is 0 Å². The van der Waals surface area contributed by atoms with E-state index in [0.717, 1.165) is 35.5 Å². The maximum atomic E-state index is 12.5. The molecule has 1 aromatic carbocycles. The molecule has 0 aromatic heterocycles. The number of aliphatic hydroxyl groups is 2. The lowest BCUT2D eigenvalue weighted by Gasteiger charge is -2.21. The SMILES string of the molecule is CCCC(C)(C)C(=O)OCCOC(=O)CCCSCC[C@H]1C(=O)C[C@@H](O)[C@@H]1C=C[C@@H](O)Cc1cccc(COC)c1. The van der Waals surface area contributed by atoms with Crippen molar-refractivity contribution in [3.05, 3.63) is 47.5 Å². The molecule has 230 valence electrons. The first-order chi connectivity index (χ1) is 19.6. The molecule has 8 nitrogen and oxygen atoms in total. The fourth-order valence-electron chi connectivity index (χ4n) is 5.09. The van der Waals surface area contributed by atoms with Gasteiger partial charge in [-0.05, 0) is 55.7 Å². The Bertz CT molecular complexity index is 992. The largest absolute Gasteiger partial charge is 0.462 e. The van der Waals surface area contributed by atoms with Gasteiger partial charge in [0.15, 0.2) is 0 Å². The zero-order valence-corrected chi connectivity index (χ0v) is 25.8. The Morgan fingerprint density at radius 3 is 2.63 bits per heavy atom. The molecule has 1 fully saturated rings. The summed E-state index contributed by atoms with van der Waals surface area (Å²) in [5.74, 6) is 0.351. The van der Waals surface area contributed by atoms with Gasteiger partial charge in [0, 0.05) is 38.2 Å². The van der Waals surface area contributed by atoms with Gasteiger partial charge in [0.1, 0.15) is 19.0 Å². The van der Waals surface area contributed by atoms with Crippen LogP contribution < -0.4 is 0 Å². The molecule has 0 heterocycles. The number of hydrogen-bond donors (Lipinski definition) is 2. The van der Waals surface area contributed by atoms with Gasteiger partial charge in [0.2, 0.25) is 0 Å². The lowest BCUT2D eigenvalue weighted by atomic mass is 9.88. The molecular formula is C32H48O8S. The summed E-state index contributed by atoms with van der Waals surface area (Å²) in [5, 5.41) is 21.0. The van der Waals surface area contributed by atoms with E-state index in [2.05, 4.69) is 0 Å². The van der Waals surface area contributed by atoms with Gasteiger partial charge < -0.3 is 24.4 Å². The molecule has 0 radical (unpaired) electrons. The summed E-state index contributed by atoms with van der Waals surface area (Å²) in [6.07, 6.45) is 5.80. The van der Waals surface area contributed by atoms with Crippen LogP contribution in [0.15, 0.2) is 36.4 Å². The van der Waals surface area contributed by atoms with Gasteiger partial charge in [0.05, 0.1) is 24.2 Å². The number of ketones is 1. The Hall–Kier alpha value is -2.20. The van der Waals surface area contributed by atoms with E-state index in [1.807, 2.05) is 45.0 Å². The monoisotopic (exact) mass is 592 g/mol. The van der Waals surface area contributed by atoms with Crippen molar-refractivity contribution in [2.24, 2.45) is 17.3 Å². The third-order valence-electron chi connectivity index (χ3n) is 7.29. The van der Waals surface area contributed by atoms with Crippen LogP contribution in [0.2, 0.25) is 0 Å². The van der Waals surface area contributed by atoms with E-state index < -0.39 is 17.6 Å². The molecular weight excluding hydrogens is 544 g/mol. The minimum atomic E-state index is -0.738. The second kappa shape index (κ2) is 18.4. The van der Waals surface area contributed by atoms with Crippen LogP contribution in [0.25, 0.3) is 0 Å². The standard InChI is InChI=1S/C32H48O8S/c1-5-14-32(2,3)31(37)40-16-15-39-30(36)10-7-17-41-18-13-27-26(28(34)21-29(27)35)12-11-25(33)20-23-8-6-9-24(19-23)22-38-4/h6,8-9,11-12,19,25-28,33-34H,5,7,10,13-18,20-22H2,1-4H3/t25-,26-,27-,28-/m1/s1. The van der Waals surface area contributed by atoms with E-state index in [-0.39, 0.29) is 55.6 Å². The fraction of sp³-hybridized carbons (Fsp3) is 0.656. The molecule has 0 unspecified atom stereocenters.